The van der Waals surface area contributed by atoms with E-state index in [9.17, 15) is 14.0 Å². The second kappa shape index (κ2) is 8.43. The Kier molecular flexibility index (Phi) is 6.90. The number of rotatable bonds is 8. The van der Waals surface area contributed by atoms with Gasteiger partial charge in [-0.3, -0.25) is 4.79 Å². The number of nitrogens with one attached hydrogen (secondary N) is 1. The van der Waals surface area contributed by atoms with Gasteiger partial charge in [0.25, 0.3) is 5.91 Å². The molecule has 2 N–H and O–H groups in total. The number of methoxy groups -OCH3 is 1. The van der Waals surface area contributed by atoms with E-state index in [-0.39, 0.29) is 22.9 Å². The number of hydrogen-bond donors (Lipinski definition) is 2. The van der Waals surface area contributed by atoms with Gasteiger partial charge >= 0.3 is 5.97 Å². The Morgan fingerprint density at radius 1 is 1.43 bits per heavy atom. The molecule has 21 heavy (non-hydrogen) atoms. The van der Waals surface area contributed by atoms with Crippen LogP contribution in [0.2, 0.25) is 5.02 Å². The lowest BCUT2D eigenvalue weighted by Crippen LogP contribution is -2.42. The number of carboxylic acids is 1. The molecule has 1 rings (SSSR count). The van der Waals surface area contributed by atoms with Gasteiger partial charge in [-0.05, 0) is 18.2 Å². The molecule has 1 amide bonds. The van der Waals surface area contributed by atoms with E-state index in [0.29, 0.717) is 6.61 Å². The molecule has 0 spiro atoms. The molecule has 0 heterocycles. The minimum absolute atomic E-state index is 0.0262. The predicted octanol–water partition coefficient (Wildman–Crippen LogP) is 1.52. The molecule has 0 aromatic heterocycles. The Bertz CT molecular complexity index is 511. The Balaban J connectivity index is 2.90. The van der Waals surface area contributed by atoms with Crippen molar-refractivity contribution in [1.29, 1.82) is 0 Å². The molecule has 8 heteroatoms. The number of halogens is 2. The standard InChI is InChI=1S/C13H15ClFNO5/c1-20-4-5-21-11-3-2-8(14)6-9(11)12(17)16-10(7-15)13(18)19/h2-3,6,10H,4-5,7H2,1H3,(H,16,17)(H,18,19). The second-order valence-corrected chi connectivity index (χ2v) is 4.44. The first-order valence-electron chi connectivity index (χ1n) is 6.00. The van der Waals surface area contributed by atoms with Crippen LogP contribution in [0.25, 0.3) is 0 Å². The minimum Gasteiger partial charge on any atom is -0.490 e. The molecule has 0 saturated carbocycles. The summed E-state index contributed by atoms with van der Waals surface area (Å²) in [4.78, 5) is 22.7. The third-order valence-electron chi connectivity index (χ3n) is 2.49. The maximum absolute atomic E-state index is 12.5. The first-order valence-corrected chi connectivity index (χ1v) is 6.38. The highest BCUT2D eigenvalue weighted by atomic mass is 35.5. The molecule has 1 aromatic rings. The van der Waals surface area contributed by atoms with E-state index in [1.165, 1.54) is 25.3 Å². The number of benzene rings is 1. The van der Waals surface area contributed by atoms with Crippen molar-refractivity contribution >= 4 is 23.5 Å². The summed E-state index contributed by atoms with van der Waals surface area (Å²) < 4.78 is 22.7. The van der Waals surface area contributed by atoms with Gasteiger partial charge in [0.2, 0.25) is 0 Å². The highest BCUT2D eigenvalue weighted by Crippen LogP contribution is 2.23. The van der Waals surface area contributed by atoms with E-state index >= 15 is 0 Å². The normalized spacial score (nSPS) is 11.8. The third-order valence-corrected chi connectivity index (χ3v) is 2.72. The Morgan fingerprint density at radius 3 is 2.71 bits per heavy atom. The van der Waals surface area contributed by atoms with E-state index < -0.39 is 24.6 Å². The molecular formula is C13H15ClFNO5. The number of amides is 1. The van der Waals surface area contributed by atoms with Gasteiger partial charge < -0.3 is 19.9 Å². The Hall–Kier alpha value is -1.86. The summed E-state index contributed by atoms with van der Waals surface area (Å²) in [6.45, 7) is -0.711. The van der Waals surface area contributed by atoms with Crippen LogP contribution < -0.4 is 10.1 Å². The maximum Gasteiger partial charge on any atom is 0.328 e. The molecule has 1 unspecified atom stereocenters. The number of carbonyl (C=O) groups excluding carboxylic acids is 1. The van der Waals surface area contributed by atoms with E-state index in [2.05, 4.69) is 5.32 Å². The van der Waals surface area contributed by atoms with Crippen LogP contribution >= 0.6 is 11.6 Å². The van der Waals surface area contributed by atoms with Gasteiger partial charge in [-0.1, -0.05) is 11.6 Å². The van der Waals surface area contributed by atoms with Crippen LogP contribution in [0.1, 0.15) is 10.4 Å². The fourth-order valence-electron chi connectivity index (χ4n) is 1.44. The largest absolute Gasteiger partial charge is 0.490 e. The lowest BCUT2D eigenvalue weighted by molar-refractivity contribution is -0.139. The fourth-order valence-corrected chi connectivity index (χ4v) is 1.61. The van der Waals surface area contributed by atoms with Crippen molar-refractivity contribution in [3.8, 4) is 5.75 Å². The van der Waals surface area contributed by atoms with Gasteiger partial charge in [0.1, 0.15) is 19.0 Å². The van der Waals surface area contributed by atoms with Gasteiger partial charge in [0, 0.05) is 12.1 Å². The van der Waals surface area contributed by atoms with Crippen molar-refractivity contribution in [1.82, 2.24) is 5.32 Å². The summed E-state index contributed by atoms with van der Waals surface area (Å²) in [5, 5.41) is 11.1. The van der Waals surface area contributed by atoms with Crippen LogP contribution in [-0.2, 0) is 9.53 Å². The SMILES string of the molecule is COCCOc1ccc(Cl)cc1C(=O)NC(CF)C(=O)O. The summed E-state index contributed by atoms with van der Waals surface area (Å²) in [6.07, 6.45) is 0. The minimum atomic E-state index is -1.62. The zero-order valence-corrected chi connectivity index (χ0v) is 12.0. The summed E-state index contributed by atoms with van der Waals surface area (Å²) in [7, 11) is 1.50. The highest BCUT2D eigenvalue weighted by Gasteiger charge is 2.22. The molecule has 1 atom stereocenters. The highest BCUT2D eigenvalue weighted by molar-refractivity contribution is 6.31. The van der Waals surface area contributed by atoms with E-state index in [1.807, 2.05) is 0 Å². The number of alkyl halides is 1. The number of hydrogen-bond acceptors (Lipinski definition) is 4. The molecule has 0 aliphatic carbocycles. The summed E-state index contributed by atoms with van der Waals surface area (Å²) in [5.41, 5.74) is 0.0262. The van der Waals surface area contributed by atoms with E-state index in [4.69, 9.17) is 26.2 Å². The van der Waals surface area contributed by atoms with Crippen LogP contribution in [0.5, 0.6) is 5.75 Å². The van der Waals surface area contributed by atoms with Crippen molar-refractivity contribution in [3.05, 3.63) is 28.8 Å². The first-order chi connectivity index (χ1) is 9.99. The summed E-state index contributed by atoms with van der Waals surface area (Å²) in [5.74, 6) is -2.04. The van der Waals surface area contributed by atoms with Crippen molar-refractivity contribution in [2.45, 2.75) is 6.04 Å². The average Bonchev–Trinajstić information content (AvgIpc) is 2.45. The zero-order chi connectivity index (χ0) is 15.8. The average molecular weight is 320 g/mol. The summed E-state index contributed by atoms with van der Waals surface area (Å²) in [6, 6.07) is 2.68. The van der Waals surface area contributed by atoms with Gasteiger partial charge in [0.15, 0.2) is 6.04 Å². The molecule has 0 fully saturated rings. The first kappa shape index (κ1) is 17.2. The smallest absolute Gasteiger partial charge is 0.328 e. The van der Waals surface area contributed by atoms with E-state index in [1.54, 1.807) is 0 Å². The van der Waals surface area contributed by atoms with Crippen LogP contribution in [0, 0.1) is 0 Å². The van der Waals surface area contributed by atoms with Crippen LogP contribution in [-0.4, -0.2) is 50.0 Å². The van der Waals surface area contributed by atoms with Crippen LogP contribution in [0.3, 0.4) is 0 Å². The Labute approximate surface area is 125 Å². The van der Waals surface area contributed by atoms with E-state index in [0.717, 1.165) is 0 Å². The lowest BCUT2D eigenvalue weighted by atomic mass is 10.1. The molecule has 6 nitrogen and oxygen atoms in total. The molecule has 0 aliphatic heterocycles. The third kappa shape index (κ3) is 5.20. The number of carbonyl (C=O) groups is 2. The van der Waals surface area contributed by atoms with Crippen molar-refractivity contribution in [3.63, 3.8) is 0 Å². The predicted molar refractivity (Wildman–Crippen MR) is 73.7 cm³/mol. The molecular weight excluding hydrogens is 305 g/mol. The molecule has 116 valence electrons. The second-order valence-electron chi connectivity index (χ2n) is 4.00. The van der Waals surface area contributed by atoms with Gasteiger partial charge in [0.05, 0.1) is 12.2 Å². The quantitative estimate of drug-likeness (QED) is 0.710. The van der Waals surface area contributed by atoms with Gasteiger partial charge in [-0.15, -0.1) is 0 Å². The Morgan fingerprint density at radius 2 is 2.14 bits per heavy atom. The van der Waals surface area contributed by atoms with Crippen LogP contribution in [0.4, 0.5) is 4.39 Å². The monoisotopic (exact) mass is 319 g/mol. The number of ether oxygens (including phenoxy) is 2. The van der Waals surface area contributed by atoms with Crippen molar-refractivity contribution < 1.29 is 28.6 Å². The molecule has 1 aromatic carbocycles. The maximum atomic E-state index is 12.5. The van der Waals surface area contributed by atoms with Crippen molar-refractivity contribution in [2.75, 3.05) is 27.0 Å². The molecule has 0 radical (unpaired) electrons. The van der Waals surface area contributed by atoms with Gasteiger partial charge in [-0.2, -0.15) is 0 Å². The van der Waals surface area contributed by atoms with Crippen molar-refractivity contribution in [2.24, 2.45) is 0 Å². The van der Waals surface area contributed by atoms with Gasteiger partial charge in [-0.25, -0.2) is 9.18 Å². The number of carboxylic acid groups (broad SMARTS) is 1. The molecule has 0 aliphatic rings. The molecule has 0 bridgehead atoms. The summed E-state index contributed by atoms with van der Waals surface area (Å²) >= 11 is 5.80. The zero-order valence-electron chi connectivity index (χ0n) is 11.3. The topological polar surface area (TPSA) is 84.9 Å². The molecule has 0 saturated heterocycles. The number of aliphatic carboxylic acids is 1. The lowest BCUT2D eigenvalue weighted by Gasteiger charge is -2.14. The fraction of sp³-hybridized carbons (Fsp3) is 0.385. The van der Waals surface area contributed by atoms with Crippen LogP contribution in [0.15, 0.2) is 18.2 Å².